The number of hydrogen-bond acceptors (Lipinski definition) is 3. The molecule has 0 aliphatic heterocycles. The molecule has 5 heteroatoms. The number of nitrogens with two attached hydrogens (primary N) is 1. The predicted octanol–water partition coefficient (Wildman–Crippen LogP) is 4.30. The van der Waals surface area contributed by atoms with Gasteiger partial charge in [0.25, 0.3) is 0 Å². The van der Waals surface area contributed by atoms with Gasteiger partial charge in [-0.15, -0.1) is 0 Å². The highest BCUT2D eigenvalue weighted by Gasteiger charge is 2.17. The van der Waals surface area contributed by atoms with Gasteiger partial charge in [0.1, 0.15) is 11.5 Å². The third kappa shape index (κ3) is 3.86. The molecule has 1 atom stereocenters. The van der Waals surface area contributed by atoms with Gasteiger partial charge in [0, 0.05) is 22.0 Å². The Morgan fingerprint density at radius 3 is 2.41 bits per heavy atom. The Morgan fingerprint density at radius 1 is 1.05 bits per heavy atom. The van der Waals surface area contributed by atoms with Crippen molar-refractivity contribution < 1.29 is 9.47 Å². The average Bonchev–Trinajstić information content (AvgIpc) is 2.53. The molecule has 118 valence electrons. The molecule has 2 N–H and O–H groups in total. The highest BCUT2D eigenvalue weighted by atomic mass is 35.5. The summed E-state index contributed by atoms with van der Waals surface area (Å²) in [5.41, 5.74) is 8.02. The summed E-state index contributed by atoms with van der Waals surface area (Å²) in [6.45, 7) is 0.488. The molecule has 0 fully saturated rings. The second kappa shape index (κ2) is 7.73. The summed E-state index contributed by atoms with van der Waals surface area (Å²) in [5, 5.41) is 1.28. The third-order valence-electron chi connectivity index (χ3n) is 3.65. The van der Waals surface area contributed by atoms with Gasteiger partial charge in [-0.1, -0.05) is 35.3 Å². The third-order valence-corrected chi connectivity index (χ3v) is 4.23. The number of halogens is 2. The number of benzene rings is 2. The number of methoxy groups -OCH3 is 2. The van der Waals surface area contributed by atoms with Crippen LogP contribution in [0.4, 0.5) is 0 Å². The monoisotopic (exact) mass is 339 g/mol. The standard InChI is InChI=1S/C17H19Cl2NO2/c1-21-14-5-6-15(17(9-14)22-2)12(10-20)7-11-3-4-13(18)8-16(11)19/h3-6,8-9,12H,7,10,20H2,1-2H3. The number of rotatable bonds is 6. The van der Waals surface area contributed by atoms with Crippen molar-refractivity contribution in [2.45, 2.75) is 12.3 Å². The van der Waals surface area contributed by atoms with Gasteiger partial charge in [-0.3, -0.25) is 0 Å². The van der Waals surface area contributed by atoms with Crippen LogP contribution in [0.1, 0.15) is 17.0 Å². The van der Waals surface area contributed by atoms with Crippen LogP contribution in [0, 0.1) is 0 Å². The lowest BCUT2D eigenvalue weighted by Crippen LogP contribution is -2.16. The van der Waals surface area contributed by atoms with E-state index in [0.29, 0.717) is 16.6 Å². The summed E-state index contributed by atoms with van der Waals surface area (Å²) < 4.78 is 10.7. The Bertz CT molecular complexity index is 647. The molecule has 2 aromatic carbocycles. The molecule has 0 saturated carbocycles. The van der Waals surface area contributed by atoms with Crippen molar-refractivity contribution in [3.05, 3.63) is 57.6 Å². The Hall–Kier alpha value is -1.42. The smallest absolute Gasteiger partial charge is 0.126 e. The molecule has 2 aromatic rings. The van der Waals surface area contributed by atoms with E-state index in [2.05, 4.69) is 0 Å². The minimum atomic E-state index is 0.0968. The highest BCUT2D eigenvalue weighted by molar-refractivity contribution is 6.35. The molecule has 0 radical (unpaired) electrons. The van der Waals surface area contributed by atoms with Gasteiger partial charge in [-0.2, -0.15) is 0 Å². The van der Waals surface area contributed by atoms with Gasteiger partial charge >= 0.3 is 0 Å². The molecular weight excluding hydrogens is 321 g/mol. The molecule has 0 aliphatic rings. The lowest BCUT2D eigenvalue weighted by Gasteiger charge is -2.19. The molecule has 1 unspecified atom stereocenters. The van der Waals surface area contributed by atoms with Crippen LogP contribution in [-0.2, 0) is 6.42 Å². The topological polar surface area (TPSA) is 44.5 Å². The van der Waals surface area contributed by atoms with E-state index in [9.17, 15) is 0 Å². The van der Waals surface area contributed by atoms with Crippen LogP contribution >= 0.6 is 23.2 Å². The van der Waals surface area contributed by atoms with Crippen molar-refractivity contribution in [2.24, 2.45) is 5.73 Å². The predicted molar refractivity (Wildman–Crippen MR) is 91.5 cm³/mol. The number of hydrogen-bond donors (Lipinski definition) is 1. The van der Waals surface area contributed by atoms with E-state index in [-0.39, 0.29) is 5.92 Å². The molecule has 0 amide bonds. The van der Waals surface area contributed by atoms with Gasteiger partial charge in [-0.05, 0) is 42.3 Å². The maximum absolute atomic E-state index is 6.26. The van der Waals surface area contributed by atoms with Crippen LogP contribution in [0.25, 0.3) is 0 Å². The lowest BCUT2D eigenvalue weighted by molar-refractivity contribution is 0.388. The normalized spacial score (nSPS) is 12.0. The summed E-state index contributed by atoms with van der Waals surface area (Å²) in [6, 6.07) is 11.3. The minimum absolute atomic E-state index is 0.0968. The first-order chi connectivity index (χ1) is 10.6. The van der Waals surface area contributed by atoms with Gasteiger partial charge in [0.2, 0.25) is 0 Å². The van der Waals surface area contributed by atoms with Gasteiger partial charge in [0.05, 0.1) is 14.2 Å². The second-order valence-electron chi connectivity index (χ2n) is 4.98. The first kappa shape index (κ1) is 16.9. The molecule has 0 aliphatic carbocycles. The molecule has 3 nitrogen and oxygen atoms in total. The van der Waals surface area contributed by atoms with Crippen LogP contribution in [-0.4, -0.2) is 20.8 Å². The maximum atomic E-state index is 6.26. The van der Waals surface area contributed by atoms with E-state index < -0.39 is 0 Å². The van der Waals surface area contributed by atoms with Gasteiger partial charge in [-0.25, -0.2) is 0 Å². The SMILES string of the molecule is COc1ccc(C(CN)Cc2ccc(Cl)cc2Cl)c(OC)c1. The largest absolute Gasteiger partial charge is 0.497 e. The molecule has 0 saturated heterocycles. The molecule has 22 heavy (non-hydrogen) atoms. The summed E-state index contributed by atoms with van der Waals surface area (Å²) in [7, 11) is 3.27. The lowest BCUT2D eigenvalue weighted by atomic mass is 9.91. The fourth-order valence-corrected chi connectivity index (χ4v) is 2.91. The van der Waals surface area contributed by atoms with E-state index in [1.165, 1.54) is 0 Å². The molecule has 0 aromatic heterocycles. The first-order valence-electron chi connectivity index (χ1n) is 6.95. The van der Waals surface area contributed by atoms with Crippen LogP contribution in [0.15, 0.2) is 36.4 Å². The van der Waals surface area contributed by atoms with Crippen molar-refractivity contribution in [3.8, 4) is 11.5 Å². The zero-order valence-electron chi connectivity index (χ0n) is 12.6. The number of ether oxygens (including phenoxy) is 2. The summed E-state index contributed by atoms with van der Waals surface area (Å²) in [5.74, 6) is 1.61. The van der Waals surface area contributed by atoms with E-state index in [4.69, 9.17) is 38.4 Å². The fraction of sp³-hybridized carbons (Fsp3) is 0.294. The Balaban J connectivity index is 2.31. The van der Waals surface area contributed by atoms with Crippen molar-refractivity contribution in [1.29, 1.82) is 0 Å². The van der Waals surface area contributed by atoms with Crippen LogP contribution in [0.3, 0.4) is 0 Å². The van der Waals surface area contributed by atoms with E-state index in [0.717, 1.165) is 29.0 Å². The Kier molecular flexibility index (Phi) is 5.95. The first-order valence-corrected chi connectivity index (χ1v) is 7.70. The zero-order chi connectivity index (χ0) is 16.1. The summed E-state index contributed by atoms with van der Waals surface area (Å²) in [4.78, 5) is 0. The van der Waals surface area contributed by atoms with Crippen molar-refractivity contribution in [3.63, 3.8) is 0 Å². The summed E-state index contributed by atoms with van der Waals surface area (Å²) >= 11 is 12.2. The maximum Gasteiger partial charge on any atom is 0.126 e. The van der Waals surface area contributed by atoms with E-state index >= 15 is 0 Å². The van der Waals surface area contributed by atoms with Crippen LogP contribution in [0.5, 0.6) is 11.5 Å². The zero-order valence-corrected chi connectivity index (χ0v) is 14.1. The van der Waals surface area contributed by atoms with E-state index in [1.807, 2.05) is 30.3 Å². The Labute approximate surface area is 140 Å². The minimum Gasteiger partial charge on any atom is -0.497 e. The van der Waals surface area contributed by atoms with Crippen molar-refractivity contribution in [2.75, 3.05) is 20.8 Å². The van der Waals surface area contributed by atoms with Gasteiger partial charge < -0.3 is 15.2 Å². The molecule has 2 rings (SSSR count). The second-order valence-corrected chi connectivity index (χ2v) is 5.82. The van der Waals surface area contributed by atoms with Gasteiger partial charge in [0.15, 0.2) is 0 Å². The van der Waals surface area contributed by atoms with E-state index in [1.54, 1.807) is 20.3 Å². The molecule has 0 heterocycles. The van der Waals surface area contributed by atoms with Crippen LogP contribution < -0.4 is 15.2 Å². The molecule has 0 bridgehead atoms. The highest BCUT2D eigenvalue weighted by Crippen LogP contribution is 2.33. The van der Waals surface area contributed by atoms with Crippen molar-refractivity contribution in [1.82, 2.24) is 0 Å². The Morgan fingerprint density at radius 2 is 1.82 bits per heavy atom. The molecule has 0 spiro atoms. The van der Waals surface area contributed by atoms with Crippen LogP contribution in [0.2, 0.25) is 10.0 Å². The quantitative estimate of drug-likeness (QED) is 0.853. The fourth-order valence-electron chi connectivity index (χ4n) is 2.43. The molecular formula is C17H19Cl2NO2. The summed E-state index contributed by atoms with van der Waals surface area (Å²) in [6.07, 6.45) is 0.717. The van der Waals surface area contributed by atoms with Crippen molar-refractivity contribution >= 4 is 23.2 Å². The average molecular weight is 340 g/mol.